The molecule has 1 saturated heterocycles. The smallest absolute Gasteiger partial charge is 0.399 e. The van der Waals surface area contributed by atoms with Gasteiger partial charge in [-0.2, -0.15) is 5.10 Å². The standard InChI is InChI=1S/C22H22BClF2N4O4/c1-21(2)22(3,4)34-23(33-21)15(14-10-28-30(5)19(14)24)11-27-20(31)17-9-18(32-29-17)13-7-6-12(25)8-16(13)26/h6-11H,1-5H3,(H,27,31). The Hall–Kier alpha value is -3.02. The van der Waals surface area contributed by atoms with Crippen molar-refractivity contribution in [2.75, 3.05) is 0 Å². The number of nitrogens with one attached hydrogen (secondary N) is 1. The fraction of sp³-hybridized carbons (Fsp3) is 0.318. The molecule has 0 aliphatic carbocycles. The lowest BCUT2D eigenvalue weighted by molar-refractivity contribution is 0.00578. The van der Waals surface area contributed by atoms with Crippen molar-refractivity contribution in [1.82, 2.24) is 20.3 Å². The van der Waals surface area contributed by atoms with Crippen LogP contribution in [-0.2, 0) is 16.4 Å². The number of hydrogen-bond donors (Lipinski definition) is 1. The predicted molar refractivity (Wildman–Crippen MR) is 122 cm³/mol. The summed E-state index contributed by atoms with van der Waals surface area (Å²) in [6.45, 7) is 7.61. The number of carbonyl (C=O) groups excluding carboxylic acids is 1. The fourth-order valence-corrected chi connectivity index (χ4v) is 3.48. The summed E-state index contributed by atoms with van der Waals surface area (Å²) in [5.74, 6) is -2.22. The predicted octanol–water partition coefficient (Wildman–Crippen LogP) is 4.41. The molecule has 3 heterocycles. The molecule has 1 aromatic carbocycles. The average Bonchev–Trinajstić information content (AvgIpc) is 3.41. The Bertz CT molecular complexity index is 1270. The van der Waals surface area contributed by atoms with E-state index in [1.807, 2.05) is 27.7 Å². The van der Waals surface area contributed by atoms with E-state index in [0.29, 0.717) is 16.2 Å². The van der Waals surface area contributed by atoms with Gasteiger partial charge < -0.3 is 19.1 Å². The van der Waals surface area contributed by atoms with Gasteiger partial charge >= 0.3 is 7.12 Å². The van der Waals surface area contributed by atoms with Crippen molar-refractivity contribution in [3.05, 3.63) is 64.7 Å². The van der Waals surface area contributed by atoms with Crippen LogP contribution in [0.15, 0.2) is 41.2 Å². The van der Waals surface area contributed by atoms with Gasteiger partial charge in [0.05, 0.1) is 23.0 Å². The molecule has 12 heteroatoms. The van der Waals surface area contributed by atoms with Crippen LogP contribution in [0.5, 0.6) is 0 Å². The van der Waals surface area contributed by atoms with Gasteiger partial charge in [-0.15, -0.1) is 0 Å². The van der Waals surface area contributed by atoms with Crippen molar-refractivity contribution in [3.63, 3.8) is 0 Å². The second-order valence-corrected chi connectivity index (χ2v) is 9.19. The van der Waals surface area contributed by atoms with Crippen LogP contribution in [0.1, 0.15) is 43.7 Å². The molecule has 0 spiro atoms. The number of hydrogen-bond acceptors (Lipinski definition) is 6. The normalized spacial score (nSPS) is 17.3. The number of halogens is 3. The Balaban J connectivity index is 1.61. The SMILES string of the molecule is Cn1ncc(C(=CNC(=O)c2cc(-c3ccc(F)cc3F)on2)B2OC(C)(C)C(C)(C)O2)c1Cl. The van der Waals surface area contributed by atoms with E-state index in [-0.39, 0.29) is 17.0 Å². The van der Waals surface area contributed by atoms with Crippen LogP contribution < -0.4 is 5.32 Å². The summed E-state index contributed by atoms with van der Waals surface area (Å²) >= 11 is 6.40. The minimum atomic E-state index is -0.840. The van der Waals surface area contributed by atoms with Crippen molar-refractivity contribution >= 4 is 30.1 Å². The van der Waals surface area contributed by atoms with Gasteiger partial charge in [-0.25, -0.2) is 8.78 Å². The lowest BCUT2D eigenvalue weighted by atomic mass is 9.75. The zero-order chi connectivity index (χ0) is 24.8. The van der Waals surface area contributed by atoms with E-state index in [4.69, 9.17) is 25.4 Å². The van der Waals surface area contributed by atoms with Crippen LogP contribution in [0.4, 0.5) is 8.78 Å². The van der Waals surface area contributed by atoms with Gasteiger partial charge in [-0.1, -0.05) is 16.8 Å². The Morgan fingerprint density at radius 2 is 1.85 bits per heavy atom. The van der Waals surface area contributed by atoms with Crippen LogP contribution in [0.2, 0.25) is 5.15 Å². The summed E-state index contributed by atoms with van der Waals surface area (Å²) in [4.78, 5) is 12.8. The second-order valence-electron chi connectivity index (χ2n) is 8.83. The van der Waals surface area contributed by atoms with Crippen LogP contribution >= 0.6 is 11.6 Å². The van der Waals surface area contributed by atoms with E-state index in [1.165, 1.54) is 29.2 Å². The highest BCUT2D eigenvalue weighted by atomic mass is 35.5. The van der Waals surface area contributed by atoms with E-state index in [1.54, 1.807) is 7.05 Å². The van der Waals surface area contributed by atoms with Crippen molar-refractivity contribution in [2.24, 2.45) is 7.05 Å². The zero-order valence-electron chi connectivity index (χ0n) is 19.1. The lowest BCUT2D eigenvalue weighted by Crippen LogP contribution is -2.41. The van der Waals surface area contributed by atoms with Crippen molar-refractivity contribution < 1.29 is 27.4 Å². The maximum Gasteiger partial charge on any atom is 0.497 e. The first-order chi connectivity index (χ1) is 15.9. The number of aryl methyl sites for hydroxylation is 1. The summed E-state index contributed by atoms with van der Waals surface area (Å²) in [5.41, 5.74) is -0.439. The quantitative estimate of drug-likeness (QED) is 0.533. The third-order valence-corrected chi connectivity index (χ3v) is 6.43. The Kier molecular flexibility index (Phi) is 6.13. The molecule has 2 aromatic heterocycles. The summed E-state index contributed by atoms with van der Waals surface area (Å²) < 4.78 is 46.0. The van der Waals surface area contributed by atoms with Gasteiger partial charge in [0, 0.05) is 36.4 Å². The molecule has 0 unspecified atom stereocenters. The highest BCUT2D eigenvalue weighted by Crippen LogP contribution is 2.41. The van der Waals surface area contributed by atoms with E-state index in [9.17, 15) is 13.6 Å². The Labute approximate surface area is 200 Å². The van der Waals surface area contributed by atoms with Gasteiger partial charge in [-0.05, 0) is 39.8 Å². The summed E-state index contributed by atoms with van der Waals surface area (Å²) in [7, 11) is 0.839. The number of aromatic nitrogens is 3. The van der Waals surface area contributed by atoms with Gasteiger partial charge in [0.2, 0.25) is 0 Å². The number of nitrogens with zero attached hydrogens (tertiary/aromatic N) is 3. The molecule has 0 radical (unpaired) electrons. The highest BCUT2D eigenvalue weighted by Gasteiger charge is 2.53. The summed E-state index contributed by atoms with van der Waals surface area (Å²) in [5, 5.41) is 10.8. The highest BCUT2D eigenvalue weighted by molar-refractivity contribution is 6.69. The van der Waals surface area contributed by atoms with Crippen molar-refractivity contribution in [1.29, 1.82) is 0 Å². The zero-order valence-corrected chi connectivity index (χ0v) is 19.9. The topological polar surface area (TPSA) is 91.4 Å². The Morgan fingerprint density at radius 3 is 2.44 bits per heavy atom. The monoisotopic (exact) mass is 490 g/mol. The maximum absolute atomic E-state index is 14.0. The third kappa shape index (κ3) is 4.38. The molecule has 1 aliphatic rings. The molecular weight excluding hydrogens is 469 g/mol. The van der Waals surface area contributed by atoms with Crippen LogP contribution in [0.3, 0.4) is 0 Å². The van der Waals surface area contributed by atoms with Gasteiger partial charge in [-0.3, -0.25) is 9.48 Å². The first kappa shape index (κ1) is 24.1. The fourth-order valence-electron chi connectivity index (χ4n) is 3.27. The average molecular weight is 491 g/mol. The second kappa shape index (κ2) is 8.64. The molecule has 1 amide bonds. The van der Waals surface area contributed by atoms with Crippen molar-refractivity contribution in [2.45, 2.75) is 38.9 Å². The Morgan fingerprint density at radius 1 is 1.18 bits per heavy atom. The molecule has 1 aliphatic heterocycles. The lowest BCUT2D eigenvalue weighted by Gasteiger charge is -2.32. The maximum atomic E-state index is 14.0. The first-order valence-corrected chi connectivity index (χ1v) is 10.7. The molecule has 1 N–H and O–H groups in total. The van der Waals surface area contributed by atoms with E-state index >= 15 is 0 Å². The molecule has 34 heavy (non-hydrogen) atoms. The van der Waals surface area contributed by atoms with Gasteiger partial charge in [0.15, 0.2) is 11.5 Å². The van der Waals surface area contributed by atoms with Crippen LogP contribution in [-0.4, -0.2) is 39.2 Å². The number of benzene rings is 1. The minimum Gasteiger partial charge on any atom is -0.399 e. The summed E-state index contributed by atoms with van der Waals surface area (Å²) in [6.07, 6.45) is 2.94. The molecule has 4 rings (SSSR count). The largest absolute Gasteiger partial charge is 0.497 e. The summed E-state index contributed by atoms with van der Waals surface area (Å²) in [6, 6.07) is 4.26. The molecule has 0 atom stereocenters. The first-order valence-electron chi connectivity index (χ1n) is 10.4. The molecule has 1 fully saturated rings. The van der Waals surface area contributed by atoms with E-state index in [2.05, 4.69) is 15.6 Å². The van der Waals surface area contributed by atoms with Crippen LogP contribution in [0.25, 0.3) is 16.8 Å². The minimum absolute atomic E-state index is 0.0203. The van der Waals surface area contributed by atoms with Crippen molar-refractivity contribution in [3.8, 4) is 11.3 Å². The molecular formula is C22H22BClF2N4O4. The number of carbonyl (C=O) groups is 1. The molecule has 0 saturated carbocycles. The molecule has 0 bridgehead atoms. The number of rotatable bonds is 5. The number of amides is 1. The van der Waals surface area contributed by atoms with Gasteiger partial charge in [0.25, 0.3) is 5.91 Å². The molecule has 8 nitrogen and oxygen atoms in total. The molecule has 3 aromatic rings. The van der Waals surface area contributed by atoms with Crippen LogP contribution in [0, 0.1) is 11.6 Å². The van der Waals surface area contributed by atoms with E-state index < -0.39 is 35.9 Å². The van der Waals surface area contributed by atoms with E-state index in [0.717, 1.165) is 12.1 Å². The third-order valence-electron chi connectivity index (χ3n) is 5.98. The van der Waals surface area contributed by atoms with Gasteiger partial charge in [0.1, 0.15) is 16.8 Å². The molecule has 178 valence electrons.